The minimum atomic E-state index is -2.96. The number of nitrogens with zero attached hydrogens (tertiary/aromatic N) is 3. The molecule has 2 heterocycles. The summed E-state index contributed by atoms with van der Waals surface area (Å²) in [5.41, 5.74) is 0.517. The van der Waals surface area contributed by atoms with Gasteiger partial charge in [0.1, 0.15) is 0 Å². The predicted octanol–water partition coefficient (Wildman–Crippen LogP) is 2.25. The highest BCUT2D eigenvalue weighted by molar-refractivity contribution is 5.70. The second-order valence-corrected chi connectivity index (χ2v) is 5.81. The van der Waals surface area contributed by atoms with Crippen molar-refractivity contribution in [3.63, 3.8) is 0 Å². The van der Waals surface area contributed by atoms with Crippen molar-refractivity contribution >= 4 is 5.97 Å². The lowest BCUT2D eigenvalue weighted by Gasteiger charge is -2.11. The third-order valence-electron chi connectivity index (χ3n) is 4.09. The average molecular weight is 369 g/mol. The minimum absolute atomic E-state index is 0.0910. The van der Waals surface area contributed by atoms with Crippen LogP contribution in [0.4, 0.5) is 8.78 Å². The van der Waals surface area contributed by atoms with Gasteiger partial charge in [0.05, 0.1) is 19.6 Å². The molecule has 0 amide bonds. The van der Waals surface area contributed by atoms with Crippen molar-refractivity contribution in [2.75, 3.05) is 20.2 Å². The highest BCUT2D eigenvalue weighted by atomic mass is 19.3. The van der Waals surface area contributed by atoms with Crippen LogP contribution in [0.25, 0.3) is 11.4 Å². The fourth-order valence-corrected chi connectivity index (χ4v) is 2.81. The molecule has 1 fully saturated rings. The summed E-state index contributed by atoms with van der Waals surface area (Å²) < 4.78 is 39.4. The van der Waals surface area contributed by atoms with E-state index in [4.69, 9.17) is 14.4 Å². The first kappa shape index (κ1) is 18.1. The molecule has 1 aromatic carbocycles. The Morgan fingerprint density at radius 1 is 1.46 bits per heavy atom. The van der Waals surface area contributed by atoms with Crippen molar-refractivity contribution < 1.29 is 32.7 Å². The molecular formula is C16H17F2N3O5. The monoisotopic (exact) mass is 369 g/mol. The number of carboxylic acid groups (broad SMARTS) is 1. The van der Waals surface area contributed by atoms with Gasteiger partial charge in [0.2, 0.25) is 11.7 Å². The molecule has 10 heteroatoms. The summed E-state index contributed by atoms with van der Waals surface area (Å²) in [5, 5.41) is 12.9. The summed E-state index contributed by atoms with van der Waals surface area (Å²) in [6.45, 7) is -1.54. The maximum absolute atomic E-state index is 12.4. The molecule has 1 aliphatic rings. The SMILES string of the molecule is COc1cc(-c2noc(CN3CCC(C(=O)O)C3)n2)ccc1OC(F)F. The molecule has 140 valence electrons. The van der Waals surface area contributed by atoms with Gasteiger partial charge in [0, 0.05) is 12.1 Å². The number of halogens is 2. The van der Waals surface area contributed by atoms with Crippen LogP contribution in [0.1, 0.15) is 12.3 Å². The van der Waals surface area contributed by atoms with Gasteiger partial charge in [0.25, 0.3) is 0 Å². The van der Waals surface area contributed by atoms with Crippen molar-refractivity contribution in [2.45, 2.75) is 19.6 Å². The van der Waals surface area contributed by atoms with E-state index in [-0.39, 0.29) is 23.2 Å². The van der Waals surface area contributed by atoms with Gasteiger partial charge in [0.15, 0.2) is 11.5 Å². The van der Waals surface area contributed by atoms with Gasteiger partial charge in [-0.05, 0) is 31.2 Å². The van der Waals surface area contributed by atoms with E-state index in [1.54, 1.807) is 0 Å². The van der Waals surface area contributed by atoms with Crippen LogP contribution in [-0.2, 0) is 11.3 Å². The Bertz CT molecular complexity index is 783. The van der Waals surface area contributed by atoms with E-state index in [0.717, 1.165) is 0 Å². The maximum atomic E-state index is 12.4. The van der Waals surface area contributed by atoms with Crippen LogP contribution in [0.5, 0.6) is 11.5 Å². The number of benzene rings is 1. The number of carbonyl (C=O) groups is 1. The lowest BCUT2D eigenvalue weighted by Crippen LogP contribution is -2.22. The molecular weight excluding hydrogens is 352 g/mol. The van der Waals surface area contributed by atoms with E-state index < -0.39 is 12.6 Å². The summed E-state index contributed by atoms with van der Waals surface area (Å²) >= 11 is 0. The Hall–Kier alpha value is -2.75. The fraction of sp³-hybridized carbons (Fsp3) is 0.438. The van der Waals surface area contributed by atoms with Gasteiger partial charge in [-0.1, -0.05) is 5.16 Å². The molecule has 8 nitrogen and oxygen atoms in total. The summed E-state index contributed by atoms with van der Waals surface area (Å²) in [4.78, 5) is 17.2. The maximum Gasteiger partial charge on any atom is 0.387 e. The third-order valence-corrected chi connectivity index (χ3v) is 4.09. The number of rotatable bonds is 7. The van der Waals surface area contributed by atoms with E-state index >= 15 is 0 Å². The number of hydrogen-bond acceptors (Lipinski definition) is 7. The van der Waals surface area contributed by atoms with Crippen LogP contribution in [0.2, 0.25) is 0 Å². The zero-order valence-electron chi connectivity index (χ0n) is 13.9. The largest absolute Gasteiger partial charge is 0.493 e. The van der Waals surface area contributed by atoms with Gasteiger partial charge < -0.3 is 19.1 Å². The lowest BCUT2D eigenvalue weighted by atomic mass is 10.1. The molecule has 1 unspecified atom stereocenters. The second kappa shape index (κ2) is 7.65. The van der Waals surface area contributed by atoms with E-state index in [2.05, 4.69) is 14.9 Å². The number of methoxy groups -OCH3 is 1. The van der Waals surface area contributed by atoms with E-state index in [9.17, 15) is 13.6 Å². The third kappa shape index (κ3) is 4.07. The van der Waals surface area contributed by atoms with Crippen molar-refractivity contribution in [2.24, 2.45) is 5.92 Å². The number of aliphatic carboxylic acids is 1. The van der Waals surface area contributed by atoms with Gasteiger partial charge in [-0.25, -0.2) is 0 Å². The van der Waals surface area contributed by atoms with Crippen molar-refractivity contribution in [1.82, 2.24) is 15.0 Å². The Kier molecular flexibility index (Phi) is 5.31. The molecule has 0 aliphatic carbocycles. The Balaban J connectivity index is 1.70. The predicted molar refractivity (Wildman–Crippen MR) is 83.9 cm³/mol. The first-order chi connectivity index (χ1) is 12.5. The van der Waals surface area contributed by atoms with Crippen molar-refractivity contribution in [1.29, 1.82) is 0 Å². The number of ether oxygens (including phenoxy) is 2. The molecule has 1 N–H and O–H groups in total. The topological polar surface area (TPSA) is 97.9 Å². The molecule has 2 aromatic rings. The minimum Gasteiger partial charge on any atom is -0.493 e. The number of alkyl halides is 2. The van der Waals surface area contributed by atoms with Gasteiger partial charge in [-0.15, -0.1) is 0 Å². The first-order valence-corrected chi connectivity index (χ1v) is 7.87. The number of carboxylic acids is 1. The van der Waals surface area contributed by atoms with Crippen LogP contribution in [-0.4, -0.2) is 52.9 Å². The number of likely N-dealkylation sites (tertiary alicyclic amines) is 1. The first-order valence-electron chi connectivity index (χ1n) is 7.87. The van der Waals surface area contributed by atoms with Crippen LogP contribution >= 0.6 is 0 Å². The molecule has 0 saturated carbocycles. The van der Waals surface area contributed by atoms with E-state index in [1.807, 2.05) is 4.90 Å². The fourth-order valence-electron chi connectivity index (χ4n) is 2.81. The van der Waals surface area contributed by atoms with Gasteiger partial charge in [-0.2, -0.15) is 13.8 Å². The number of hydrogen-bond donors (Lipinski definition) is 1. The quantitative estimate of drug-likeness (QED) is 0.794. The molecule has 0 bridgehead atoms. The summed E-state index contributed by atoms with van der Waals surface area (Å²) in [7, 11) is 1.34. The van der Waals surface area contributed by atoms with Crippen molar-refractivity contribution in [3.05, 3.63) is 24.1 Å². The summed E-state index contributed by atoms with van der Waals surface area (Å²) in [5.74, 6) is -0.542. The average Bonchev–Trinajstić information content (AvgIpc) is 3.25. The standard InChI is InChI=1S/C16H17F2N3O5/c1-24-12-6-9(2-3-11(12)25-16(17)18)14-19-13(26-20-14)8-21-5-4-10(7-21)15(22)23/h2-3,6,10,16H,4-5,7-8H2,1H3,(H,22,23). The van der Waals surface area contributed by atoms with Crippen LogP contribution in [0, 0.1) is 5.92 Å². The van der Waals surface area contributed by atoms with Gasteiger partial charge >= 0.3 is 12.6 Å². The Morgan fingerprint density at radius 2 is 2.27 bits per heavy atom. The molecule has 1 aliphatic heterocycles. The molecule has 1 saturated heterocycles. The number of aromatic nitrogens is 2. The summed E-state index contributed by atoms with van der Waals surface area (Å²) in [6, 6.07) is 4.34. The highest BCUT2D eigenvalue weighted by Crippen LogP contribution is 2.32. The Morgan fingerprint density at radius 3 is 2.92 bits per heavy atom. The van der Waals surface area contributed by atoms with Gasteiger partial charge in [-0.3, -0.25) is 9.69 Å². The lowest BCUT2D eigenvalue weighted by molar-refractivity contribution is -0.141. The van der Waals surface area contributed by atoms with Crippen molar-refractivity contribution in [3.8, 4) is 22.9 Å². The molecule has 0 spiro atoms. The summed E-state index contributed by atoms with van der Waals surface area (Å²) in [6.07, 6.45) is 0.582. The highest BCUT2D eigenvalue weighted by Gasteiger charge is 2.29. The molecule has 1 aromatic heterocycles. The molecule has 3 rings (SSSR count). The zero-order chi connectivity index (χ0) is 18.7. The van der Waals surface area contributed by atoms with E-state index in [0.29, 0.717) is 37.5 Å². The van der Waals surface area contributed by atoms with Crippen LogP contribution in [0.3, 0.4) is 0 Å². The van der Waals surface area contributed by atoms with Crippen LogP contribution < -0.4 is 9.47 Å². The normalized spacial score (nSPS) is 17.6. The Labute approximate surface area is 147 Å². The smallest absolute Gasteiger partial charge is 0.387 e. The molecule has 26 heavy (non-hydrogen) atoms. The van der Waals surface area contributed by atoms with Crippen LogP contribution in [0.15, 0.2) is 22.7 Å². The molecule has 1 atom stereocenters. The molecule has 0 radical (unpaired) electrons. The second-order valence-electron chi connectivity index (χ2n) is 5.81. The zero-order valence-corrected chi connectivity index (χ0v) is 13.9. The van der Waals surface area contributed by atoms with E-state index in [1.165, 1.54) is 25.3 Å².